The lowest BCUT2D eigenvalue weighted by Crippen LogP contribution is -2.00. The van der Waals surface area contributed by atoms with Crippen molar-refractivity contribution in [2.24, 2.45) is 0 Å². The van der Waals surface area contributed by atoms with Crippen LogP contribution in [0.3, 0.4) is 0 Å². The lowest BCUT2D eigenvalue weighted by molar-refractivity contribution is -0.389. The van der Waals surface area contributed by atoms with Gasteiger partial charge in [0.05, 0.1) is 18.4 Å². The molecule has 2 aromatic heterocycles. The summed E-state index contributed by atoms with van der Waals surface area (Å²) in [5.74, 6) is 0.974. The molecule has 0 unspecified atom stereocenters. The summed E-state index contributed by atoms with van der Waals surface area (Å²) in [5, 5.41) is 14.5. The molecule has 0 amide bonds. The molecule has 3 aromatic rings. The largest absolute Gasteiger partial charge is 0.497 e. The number of aromatic nitrogens is 2. The third-order valence-corrected chi connectivity index (χ3v) is 3.89. The number of nitro groups is 1. The molecule has 0 aliphatic rings. The van der Waals surface area contributed by atoms with E-state index in [1.54, 1.807) is 42.5 Å². The molecule has 3 rings (SSSR count). The minimum atomic E-state index is -0.653. The molecular weight excluding hydrogens is 374 g/mol. The number of allylic oxidation sites excluding steroid dienone is 1. The average molecular weight is 388 g/mol. The maximum atomic E-state index is 12.2. The highest BCUT2D eigenvalue weighted by molar-refractivity contribution is 6.32. The number of halogens is 1. The van der Waals surface area contributed by atoms with Crippen LogP contribution in [0.15, 0.2) is 53.1 Å². The van der Waals surface area contributed by atoms with Crippen LogP contribution < -0.4 is 4.74 Å². The Morgan fingerprint density at radius 3 is 2.93 bits per heavy atom. The van der Waals surface area contributed by atoms with Gasteiger partial charge >= 0.3 is 5.82 Å². The predicted molar refractivity (Wildman–Crippen MR) is 98.1 cm³/mol. The Morgan fingerprint density at radius 1 is 1.41 bits per heavy atom. The zero-order valence-corrected chi connectivity index (χ0v) is 14.9. The first kappa shape index (κ1) is 18.4. The van der Waals surface area contributed by atoms with Gasteiger partial charge in [-0.25, -0.2) is 0 Å². The van der Waals surface area contributed by atoms with Crippen LogP contribution in [-0.2, 0) is 6.54 Å². The highest BCUT2D eigenvalue weighted by Gasteiger charge is 2.19. The van der Waals surface area contributed by atoms with Crippen molar-refractivity contribution in [3.05, 3.63) is 80.9 Å². The highest BCUT2D eigenvalue weighted by Crippen LogP contribution is 2.22. The van der Waals surface area contributed by atoms with Gasteiger partial charge in [-0.15, -0.1) is 0 Å². The summed E-state index contributed by atoms with van der Waals surface area (Å²) in [6.45, 7) is 0.172. The number of hydrogen-bond donors (Lipinski definition) is 0. The first-order valence-corrected chi connectivity index (χ1v) is 8.16. The van der Waals surface area contributed by atoms with Crippen molar-refractivity contribution in [2.45, 2.75) is 6.54 Å². The molecule has 8 nitrogen and oxygen atoms in total. The molecule has 138 valence electrons. The number of carbonyl (C=O) groups is 1. The van der Waals surface area contributed by atoms with Gasteiger partial charge in [-0.05, 0) is 41.3 Å². The minimum absolute atomic E-state index is 0.0458. The number of ether oxygens (including phenoxy) is 1. The molecule has 0 saturated heterocycles. The van der Waals surface area contributed by atoms with Crippen LogP contribution in [0.5, 0.6) is 5.75 Å². The van der Waals surface area contributed by atoms with Crippen LogP contribution in [0.1, 0.15) is 21.9 Å². The molecule has 27 heavy (non-hydrogen) atoms. The standard InChI is InChI=1S/C18H14ClN3O5/c1-26-14-4-2-3-12(9-14)17(23)8-7-13-5-6-15(27-13)10-21-11-16(19)18(20-21)22(24)25/h2-9,11H,10H2,1H3/b8-7+. The molecule has 9 heteroatoms. The average Bonchev–Trinajstić information content (AvgIpc) is 3.26. The van der Waals surface area contributed by atoms with Gasteiger partial charge in [0.25, 0.3) is 0 Å². The maximum absolute atomic E-state index is 12.2. The van der Waals surface area contributed by atoms with E-state index in [0.29, 0.717) is 22.8 Å². The second kappa shape index (κ2) is 7.88. The monoisotopic (exact) mass is 387 g/mol. The minimum Gasteiger partial charge on any atom is -0.497 e. The third kappa shape index (κ3) is 4.42. The summed E-state index contributed by atoms with van der Waals surface area (Å²) >= 11 is 5.76. The van der Waals surface area contributed by atoms with Crippen molar-refractivity contribution in [1.29, 1.82) is 0 Å². The quantitative estimate of drug-likeness (QED) is 0.263. The molecule has 0 aliphatic heterocycles. The zero-order chi connectivity index (χ0) is 19.4. The smallest absolute Gasteiger partial charge is 0.408 e. The molecule has 0 N–H and O–H groups in total. The first-order chi connectivity index (χ1) is 13.0. The van der Waals surface area contributed by atoms with E-state index < -0.39 is 10.7 Å². The van der Waals surface area contributed by atoms with Gasteiger partial charge in [-0.2, -0.15) is 4.68 Å². The Hall–Kier alpha value is -3.39. The van der Waals surface area contributed by atoms with Crippen LogP contribution >= 0.6 is 11.6 Å². The van der Waals surface area contributed by atoms with Gasteiger partial charge in [-0.1, -0.05) is 23.7 Å². The molecule has 0 bridgehead atoms. The van der Waals surface area contributed by atoms with Crippen molar-refractivity contribution < 1.29 is 18.9 Å². The fourth-order valence-electron chi connectivity index (χ4n) is 2.35. The Morgan fingerprint density at radius 2 is 2.22 bits per heavy atom. The second-order valence-corrected chi connectivity index (χ2v) is 5.90. The van der Waals surface area contributed by atoms with Crippen molar-refractivity contribution in [2.75, 3.05) is 7.11 Å². The Kier molecular flexibility index (Phi) is 5.37. The number of ketones is 1. The summed E-state index contributed by atoms with van der Waals surface area (Å²) in [6.07, 6.45) is 4.29. The van der Waals surface area contributed by atoms with E-state index in [1.807, 2.05) is 0 Å². The van der Waals surface area contributed by atoms with Crippen LogP contribution in [-0.4, -0.2) is 27.6 Å². The van der Waals surface area contributed by atoms with Gasteiger partial charge in [0.2, 0.25) is 0 Å². The maximum Gasteiger partial charge on any atom is 0.408 e. The molecule has 0 spiro atoms. The SMILES string of the molecule is COc1cccc(C(=O)/C=C/c2ccc(Cn3cc(Cl)c([N+](=O)[O-])n3)o2)c1. The van der Waals surface area contributed by atoms with Crippen LogP contribution in [0.4, 0.5) is 5.82 Å². The van der Waals surface area contributed by atoms with E-state index in [9.17, 15) is 14.9 Å². The summed E-state index contributed by atoms with van der Waals surface area (Å²) in [7, 11) is 1.53. The Labute approximate surface area is 158 Å². The van der Waals surface area contributed by atoms with Crippen LogP contribution in [0, 0.1) is 10.1 Å². The van der Waals surface area contributed by atoms with E-state index in [4.69, 9.17) is 20.8 Å². The van der Waals surface area contributed by atoms with E-state index in [1.165, 1.54) is 24.1 Å². The summed E-state index contributed by atoms with van der Waals surface area (Å²) in [5.41, 5.74) is 0.496. The Balaban J connectivity index is 1.68. The molecule has 1 aromatic carbocycles. The summed E-state index contributed by atoms with van der Waals surface area (Å²) < 4.78 is 12.0. The number of methoxy groups -OCH3 is 1. The number of hydrogen-bond acceptors (Lipinski definition) is 6. The number of carbonyl (C=O) groups excluding carboxylic acids is 1. The van der Waals surface area contributed by atoms with E-state index in [0.717, 1.165) is 0 Å². The lowest BCUT2D eigenvalue weighted by atomic mass is 10.1. The normalized spacial score (nSPS) is 11.0. The number of nitrogens with zero attached hydrogens (tertiary/aromatic N) is 3. The fraction of sp³-hybridized carbons (Fsp3) is 0.111. The first-order valence-electron chi connectivity index (χ1n) is 7.79. The molecule has 2 heterocycles. The predicted octanol–water partition coefficient (Wildman–Crippen LogP) is 3.99. The van der Waals surface area contributed by atoms with Gasteiger partial charge < -0.3 is 19.3 Å². The van der Waals surface area contributed by atoms with E-state index in [2.05, 4.69) is 5.10 Å². The fourth-order valence-corrected chi connectivity index (χ4v) is 2.57. The van der Waals surface area contributed by atoms with E-state index >= 15 is 0 Å². The molecule has 0 fully saturated rings. The molecular formula is C18H14ClN3O5. The Bertz CT molecular complexity index is 1020. The third-order valence-electron chi connectivity index (χ3n) is 3.63. The van der Waals surface area contributed by atoms with Crippen molar-refractivity contribution in [3.63, 3.8) is 0 Å². The van der Waals surface area contributed by atoms with E-state index in [-0.39, 0.29) is 17.4 Å². The second-order valence-electron chi connectivity index (χ2n) is 5.49. The van der Waals surface area contributed by atoms with Crippen LogP contribution in [0.25, 0.3) is 6.08 Å². The highest BCUT2D eigenvalue weighted by atomic mass is 35.5. The van der Waals surface area contributed by atoms with Gasteiger partial charge in [0, 0.05) is 5.56 Å². The van der Waals surface area contributed by atoms with Gasteiger partial charge in [-0.3, -0.25) is 4.79 Å². The number of furan rings is 1. The lowest BCUT2D eigenvalue weighted by Gasteiger charge is -2.00. The number of benzene rings is 1. The van der Waals surface area contributed by atoms with Gasteiger partial charge in [0.15, 0.2) is 10.8 Å². The van der Waals surface area contributed by atoms with Crippen molar-refractivity contribution in [1.82, 2.24) is 9.78 Å². The summed E-state index contributed by atoms with van der Waals surface area (Å²) in [6, 6.07) is 10.2. The molecule has 0 radical (unpaired) electrons. The molecule has 0 aliphatic carbocycles. The number of rotatable bonds is 7. The topological polar surface area (TPSA) is 100 Å². The molecule has 0 saturated carbocycles. The van der Waals surface area contributed by atoms with Crippen molar-refractivity contribution in [3.8, 4) is 5.75 Å². The van der Waals surface area contributed by atoms with Crippen molar-refractivity contribution >= 4 is 29.3 Å². The summed E-state index contributed by atoms with van der Waals surface area (Å²) in [4.78, 5) is 22.3. The van der Waals surface area contributed by atoms with Gasteiger partial charge in [0.1, 0.15) is 23.8 Å². The van der Waals surface area contributed by atoms with Crippen LogP contribution in [0.2, 0.25) is 5.02 Å². The molecule has 0 atom stereocenters. The zero-order valence-electron chi connectivity index (χ0n) is 14.2.